The van der Waals surface area contributed by atoms with Crippen LogP contribution in [0.3, 0.4) is 0 Å². The summed E-state index contributed by atoms with van der Waals surface area (Å²) in [6.07, 6.45) is 0.796. The Kier molecular flexibility index (Phi) is 9.77. The lowest BCUT2D eigenvalue weighted by molar-refractivity contribution is -0.183. The fraction of sp³-hybridized carbons (Fsp3) is 0.789. The van der Waals surface area contributed by atoms with Crippen LogP contribution in [0, 0.1) is 5.92 Å². The molecule has 0 aromatic carbocycles. The smallest absolute Gasteiger partial charge is 0.357 e. The molecule has 2 heterocycles. The summed E-state index contributed by atoms with van der Waals surface area (Å²) in [7, 11) is 0. The van der Waals surface area contributed by atoms with Gasteiger partial charge in [-0.25, -0.2) is 4.98 Å². The van der Waals surface area contributed by atoms with Crippen LogP contribution >= 0.6 is 35.3 Å². The lowest BCUT2D eigenvalue weighted by atomic mass is 9.85. The van der Waals surface area contributed by atoms with E-state index < -0.39 is 12.1 Å². The van der Waals surface area contributed by atoms with Crippen LogP contribution in [0.4, 0.5) is 18.3 Å². The Morgan fingerprint density at radius 1 is 1.28 bits per heavy atom. The lowest BCUT2D eigenvalue weighted by Gasteiger charge is -2.31. The highest BCUT2D eigenvalue weighted by Gasteiger charge is 2.42. The van der Waals surface area contributed by atoms with E-state index in [2.05, 4.69) is 25.9 Å². The van der Waals surface area contributed by atoms with Crippen molar-refractivity contribution in [2.24, 2.45) is 10.9 Å². The molecule has 0 spiro atoms. The van der Waals surface area contributed by atoms with E-state index in [9.17, 15) is 13.2 Å². The maximum Gasteiger partial charge on any atom is 0.391 e. The van der Waals surface area contributed by atoms with Crippen molar-refractivity contribution in [1.29, 1.82) is 0 Å². The van der Waals surface area contributed by atoms with Crippen molar-refractivity contribution in [3.8, 4) is 0 Å². The van der Waals surface area contributed by atoms with Gasteiger partial charge in [-0.3, -0.25) is 4.99 Å². The summed E-state index contributed by atoms with van der Waals surface area (Å²) >= 11 is 1.68. The first-order valence-electron chi connectivity index (χ1n) is 10.3. The molecule has 1 aromatic heterocycles. The van der Waals surface area contributed by atoms with Crippen LogP contribution < -0.4 is 15.5 Å². The van der Waals surface area contributed by atoms with Crippen molar-refractivity contribution in [1.82, 2.24) is 15.6 Å². The van der Waals surface area contributed by atoms with Crippen LogP contribution in [0.1, 0.15) is 51.1 Å². The number of alkyl halides is 3. The zero-order valence-electron chi connectivity index (χ0n) is 16.8. The summed E-state index contributed by atoms with van der Waals surface area (Å²) < 4.78 is 39.1. The molecule has 0 radical (unpaired) electrons. The van der Waals surface area contributed by atoms with Crippen molar-refractivity contribution in [3.05, 3.63) is 11.1 Å². The van der Waals surface area contributed by atoms with E-state index in [0.29, 0.717) is 25.5 Å². The number of nitrogens with one attached hydrogen (secondary N) is 2. The second-order valence-electron chi connectivity index (χ2n) is 7.57. The summed E-state index contributed by atoms with van der Waals surface area (Å²) in [6.45, 7) is 5.37. The number of hydrogen-bond acceptors (Lipinski definition) is 4. The largest absolute Gasteiger partial charge is 0.391 e. The van der Waals surface area contributed by atoms with Gasteiger partial charge in [0.1, 0.15) is 0 Å². The maximum absolute atomic E-state index is 13.0. The van der Waals surface area contributed by atoms with Gasteiger partial charge >= 0.3 is 6.18 Å². The van der Waals surface area contributed by atoms with Crippen molar-refractivity contribution < 1.29 is 13.2 Å². The molecule has 0 bridgehead atoms. The minimum Gasteiger partial charge on any atom is -0.357 e. The zero-order valence-corrected chi connectivity index (χ0v) is 19.9. The third-order valence-corrected chi connectivity index (χ3v) is 6.33. The Labute approximate surface area is 192 Å². The van der Waals surface area contributed by atoms with E-state index in [1.165, 1.54) is 12.8 Å². The van der Waals surface area contributed by atoms with Crippen molar-refractivity contribution >= 4 is 46.4 Å². The average molecular weight is 545 g/mol. The first kappa shape index (κ1) is 24.5. The Morgan fingerprint density at radius 3 is 2.72 bits per heavy atom. The number of halogens is 4. The molecule has 2 unspecified atom stereocenters. The van der Waals surface area contributed by atoms with Gasteiger partial charge in [0.15, 0.2) is 11.1 Å². The van der Waals surface area contributed by atoms with Crippen LogP contribution in [0.2, 0.25) is 0 Å². The number of aromatic nitrogens is 1. The fourth-order valence-corrected chi connectivity index (χ4v) is 4.79. The van der Waals surface area contributed by atoms with Crippen molar-refractivity contribution in [2.75, 3.05) is 31.1 Å². The molecule has 5 nitrogen and oxygen atoms in total. The Balaban J connectivity index is 0.00000300. The number of thiazole rings is 1. The molecule has 2 N–H and O–H groups in total. The molecule has 1 aromatic rings. The second-order valence-corrected chi connectivity index (χ2v) is 8.41. The molecule has 0 amide bonds. The number of nitrogens with zero attached hydrogens (tertiary/aromatic N) is 3. The van der Waals surface area contributed by atoms with Crippen LogP contribution in [-0.2, 0) is 6.42 Å². The lowest BCUT2D eigenvalue weighted by Crippen LogP contribution is -2.46. The van der Waals surface area contributed by atoms with E-state index >= 15 is 0 Å². The SMILES string of the molecule is CCNC(=NCCc1csc(N2CCCC2)n1)NC1CCCC(C(F)(F)F)C1.I. The average Bonchev–Trinajstić information content (AvgIpc) is 3.33. The Morgan fingerprint density at radius 2 is 2.03 bits per heavy atom. The van der Waals surface area contributed by atoms with Crippen molar-refractivity contribution in [2.45, 2.75) is 64.1 Å². The van der Waals surface area contributed by atoms with E-state index in [4.69, 9.17) is 4.98 Å². The number of rotatable bonds is 6. The van der Waals surface area contributed by atoms with Gasteiger partial charge < -0.3 is 15.5 Å². The topological polar surface area (TPSA) is 52.6 Å². The highest BCUT2D eigenvalue weighted by molar-refractivity contribution is 14.0. The molecular weight excluding hydrogens is 514 g/mol. The monoisotopic (exact) mass is 545 g/mol. The molecule has 1 aliphatic heterocycles. The van der Waals surface area contributed by atoms with E-state index in [-0.39, 0.29) is 42.9 Å². The zero-order chi connectivity index (χ0) is 20.0. The molecule has 1 saturated carbocycles. The Bertz CT molecular complexity index is 646. The maximum atomic E-state index is 13.0. The number of guanidine groups is 1. The summed E-state index contributed by atoms with van der Waals surface area (Å²) in [4.78, 5) is 11.6. The van der Waals surface area contributed by atoms with Crippen LogP contribution in [0.15, 0.2) is 10.4 Å². The minimum absolute atomic E-state index is 0. The molecule has 10 heteroatoms. The molecule has 2 fully saturated rings. The highest BCUT2D eigenvalue weighted by atomic mass is 127. The quantitative estimate of drug-likeness (QED) is 0.312. The molecule has 29 heavy (non-hydrogen) atoms. The first-order chi connectivity index (χ1) is 13.5. The van der Waals surface area contributed by atoms with Gasteiger partial charge in [-0.2, -0.15) is 13.2 Å². The van der Waals surface area contributed by atoms with Gasteiger partial charge in [0.05, 0.1) is 11.6 Å². The molecular formula is C19H31F3IN5S. The molecule has 2 atom stereocenters. The van der Waals surface area contributed by atoms with Gasteiger partial charge in [0, 0.05) is 44.0 Å². The van der Waals surface area contributed by atoms with Gasteiger partial charge in [-0.15, -0.1) is 35.3 Å². The minimum atomic E-state index is -4.10. The highest BCUT2D eigenvalue weighted by Crippen LogP contribution is 2.37. The third-order valence-electron chi connectivity index (χ3n) is 5.38. The first-order valence-corrected chi connectivity index (χ1v) is 11.1. The molecule has 3 rings (SSSR count). The molecule has 2 aliphatic rings. The van der Waals surface area contributed by atoms with Crippen molar-refractivity contribution in [3.63, 3.8) is 0 Å². The Hall–Kier alpha value is -0.780. The number of hydrogen-bond donors (Lipinski definition) is 2. The van der Waals surface area contributed by atoms with E-state index in [0.717, 1.165) is 36.8 Å². The molecule has 1 saturated heterocycles. The summed E-state index contributed by atoms with van der Waals surface area (Å²) in [6, 6.07) is -0.181. The number of aliphatic imine (C=N–C) groups is 1. The third kappa shape index (κ3) is 7.45. The van der Waals surface area contributed by atoms with Crippen LogP contribution in [-0.4, -0.2) is 49.3 Å². The standard InChI is InChI=1S/C19H30F3N5S.HI/c1-2-23-17(25-15-7-5-6-14(12-15)19(20,21)22)24-9-8-16-13-28-18(26-16)27-10-3-4-11-27;/h13-15H,2-12H2,1H3,(H2,23,24,25);1H. The summed E-state index contributed by atoms with van der Waals surface area (Å²) in [5.41, 5.74) is 1.03. The van der Waals surface area contributed by atoms with Crippen LogP contribution in [0.25, 0.3) is 0 Å². The molecule has 166 valence electrons. The van der Waals surface area contributed by atoms with Gasteiger partial charge in [-0.1, -0.05) is 6.42 Å². The van der Waals surface area contributed by atoms with Gasteiger partial charge in [0.25, 0.3) is 0 Å². The fourth-order valence-electron chi connectivity index (χ4n) is 3.88. The predicted octanol–water partition coefficient (Wildman–Crippen LogP) is 4.58. The summed E-state index contributed by atoms with van der Waals surface area (Å²) in [5.74, 6) is -0.606. The predicted molar refractivity (Wildman–Crippen MR) is 124 cm³/mol. The van der Waals surface area contributed by atoms with Gasteiger partial charge in [0.2, 0.25) is 0 Å². The molecule has 1 aliphatic carbocycles. The van der Waals surface area contributed by atoms with E-state index in [1.54, 1.807) is 11.3 Å². The van der Waals surface area contributed by atoms with E-state index in [1.807, 2.05) is 6.92 Å². The number of anilines is 1. The summed E-state index contributed by atoms with van der Waals surface area (Å²) in [5, 5.41) is 9.53. The van der Waals surface area contributed by atoms with Gasteiger partial charge in [-0.05, 0) is 39.0 Å². The normalized spacial score (nSPS) is 23.0. The van der Waals surface area contributed by atoms with Crippen LogP contribution in [0.5, 0.6) is 0 Å². The second kappa shape index (κ2) is 11.6.